The molecule has 0 saturated heterocycles. The number of H-pyrrole nitrogens is 1. The molecule has 0 aliphatic rings. The third kappa shape index (κ3) is 2.79. The highest BCUT2D eigenvalue weighted by molar-refractivity contribution is 6.32. The minimum Gasteiger partial charge on any atom is -0.382 e. The molecule has 1 aromatic heterocycles. The Labute approximate surface area is 86.7 Å². The van der Waals surface area contributed by atoms with Crippen molar-refractivity contribution in [1.29, 1.82) is 0 Å². The van der Waals surface area contributed by atoms with E-state index in [1.807, 2.05) is 0 Å². The second-order valence-electron chi connectivity index (χ2n) is 2.66. The molecular formula is C9H10ClN3O. The summed E-state index contributed by atoms with van der Waals surface area (Å²) >= 11 is 5.72. The van der Waals surface area contributed by atoms with Crippen LogP contribution in [0, 0.1) is 12.3 Å². The molecule has 4 nitrogen and oxygen atoms in total. The van der Waals surface area contributed by atoms with Crippen LogP contribution in [0.25, 0.3) is 0 Å². The van der Waals surface area contributed by atoms with Crippen LogP contribution in [0.2, 0.25) is 5.02 Å². The zero-order valence-corrected chi connectivity index (χ0v) is 8.27. The third-order valence-corrected chi connectivity index (χ3v) is 1.98. The lowest BCUT2D eigenvalue weighted by Crippen LogP contribution is -2.12. The highest BCUT2D eigenvalue weighted by Crippen LogP contribution is 2.13. The average Bonchev–Trinajstić information content (AvgIpc) is 2.19. The van der Waals surface area contributed by atoms with Crippen molar-refractivity contribution in [2.45, 2.75) is 12.8 Å². The van der Waals surface area contributed by atoms with Crippen LogP contribution in [-0.2, 0) is 0 Å². The summed E-state index contributed by atoms with van der Waals surface area (Å²) in [4.78, 5) is 11.0. The second kappa shape index (κ2) is 5.30. The van der Waals surface area contributed by atoms with E-state index in [4.69, 9.17) is 18.0 Å². The zero-order chi connectivity index (χ0) is 10.4. The second-order valence-corrected chi connectivity index (χ2v) is 3.04. The Morgan fingerprint density at radius 3 is 3.21 bits per heavy atom. The van der Waals surface area contributed by atoms with Gasteiger partial charge in [-0.15, -0.1) is 12.3 Å². The van der Waals surface area contributed by atoms with E-state index in [0.29, 0.717) is 18.7 Å². The van der Waals surface area contributed by atoms with Gasteiger partial charge in [-0.25, -0.2) is 5.10 Å². The number of nitrogens with one attached hydrogen (secondary N) is 2. The van der Waals surface area contributed by atoms with Gasteiger partial charge in [0.05, 0.1) is 11.9 Å². The highest BCUT2D eigenvalue weighted by Gasteiger charge is 2.02. The average molecular weight is 212 g/mol. The van der Waals surface area contributed by atoms with E-state index in [2.05, 4.69) is 21.4 Å². The molecule has 0 amide bonds. The number of rotatable bonds is 4. The van der Waals surface area contributed by atoms with Gasteiger partial charge in [-0.1, -0.05) is 11.6 Å². The summed E-state index contributed by atoms with van der Waals surface area (Å²) in [5, 5.41) is 8.96. The number of halogens is 1. The van der Waals surface area contributed by atoms with Crippen LogP contribution < -0.4 is 10.9 Å². The summed E-state index contributed by atoms with van der Waals surface area (Å²) in [7, 11) is 0. The molecule has 1 rings (SSSR count). The van der Waals surface area contributed by atoms with E-state index in [9.17, 15) is 4.79 Å². The molecule has 0 aliphatic heterocycles. The molecule has 0 fully saturated rings. The number of hydrogen-bond acceptors (Lipinski definition) is 3. The Hall–Kier alpha value is -1.47. The van der Waals surface area contributed by atoms with E-state index in [1.165, 1.54) is 6.20 Å². The Kier molecular flexibility index (Phi) is 4.02. The molecule has 0 bridgehead atoms. The van der Waals surface area contributed by atoms with Crippen molar-refractivity contribution < 1.29 is 0 Å². The first-order chi connectivity index (χ1) is 6.75. The quantitative estimate of drug-likeness (QED) is 0.582. The Morgan fingerprint density at radius 1 is 1.71 bits per heavy atom. The summed E-state index contributed by atoms with van der Waals surface area (Å²) < 4.78 is 0. The Morgan fingerprint density at radius 2 is 2.50 bits per heavy atom. The first-order valence-corrected chi connectivity index (χ1v) is 4.54. The first-order valence-electron chi connectivity index (χ1n) is 4.16. The molecule has 0 saturated carbocycles. The van der Waals surface area contributed by atoms with Gasteiger partial charge < -0.3 is 5.32 Å². The SMILES string of the molecule is C#CCCCNc1cn[nH]c(=O)c1Cl. The smallest absolute Gasteiger partial charge is 0.285 e. The monoisotopic (exact) mass is 211 g/mol. The maximum atomic E-state index is 11.0. The maximum absolute atomic E-state index is 11.0. The van der Waals surface area contributed by atoms with Gasteiger partial charge in [0.15, 0.2) is 0 Å². The minimum atomic E-state index is -0.395. The van der Waals surface area contributed by atoms with Crippen molar-refractivity contribution in [3.8, 4) is 12.3 Å². The molecular weight excluding hydrogens is 202 g/mol. The summed E-state index contributed by atoms with van der Waals surface area (Å²) in [6.07, 6.45) is 8.09. The molecule has 74 valence electrons. The lowest BCUT2D eigenvalue weighted by Gasteiger charge is -2.04. The molecule has 1 heterocycles. The first kappa shape index (κ1) is 10.6. The number of hydrogen-bond donors (Lipinski definition) is 2. The number of anilines is 1. The van der Waals surface area contributed by atoms with Crippen molar-refractivity contribution in [2.24, 2.45) is 0 Å². The van der Waals surface area contributed by atoms with Gasteiger partial charge in [0.1, 0.15) is 5.02 Å². The largest absolute Gasteiger partial charge is 0.382 e. The van der Waals surface area contributed by atoms with Crippen molar-refractivity contribution in [3.63, 3.8) is 0 Å². The summed E-state index contributed by atoms with van der Waals surface area (Å²) in [5.74, 6) is 2.52. The van der Waals surface area contributed by atoms with E-state index >= 15 is 0 Å². The normalized spacial score (nSPS) is 9.43. The molecule has 0 unspecified atom stereocenters. The predicted octanol–water partition coefficient (Wildman–Crippen LogP) is 1.25. The molecule has 0 spiro atoms. The maximum Gasteiger partial charge on any atom is 0.285 e. The summed E-state index contributed by atoms with van der Waals surface area (Å²) in [6.45, 7) is 0.676. The fourth-order valence-electron chi connectivity index (χ4n) is 0.920. The highest BCUT2D eigenvalue weighted by atomic mass is 35.5. The lowest BCUT2D eigenvalue weighted by atomic mass is 10.3. The van der Waals surface area contributed by atoms with E-state index in [-0.39, 0.29) is 5.02 Å². The van der Waals surface area contributed by atoms with E-state index < -0.39 is 5.56 Å². The van der Waals surface area contributed by atoms with E-state index in [1.54, 1.807) is 0 Å². The predicted molar refractivity (Wildman–Crippen MR) is 56.4 cm³/mol. The lowest BCUT2D eigenvalue weighted by molar-refractivity contribution is 0.900. The fourth-order valence-corrected chi connectivity index (χ4v) is 1.08. The van der Waals surface area contributed by atoms with Crippen LogP contribution in [0.3, 0.4) is 0 Å². The molecule has 0 atom stereocenters. The van der Waals surface area contributed by atoms with Crippen LogP contribution in [0.1, 0.15) is 12.8 Å². The third-order valence-electron chi connectivity index (χ3n) is 1.61. The summed E-state index contributed by atoms with van der Waals surface area (Å²) in [6, 6.07) is 0. The van der Waals surface area contributed by atoms with Crippen molar-refractivity contribution in [3.05, 3.63) is 21.6 Å². The van der Waals surface area contributed by atoms with Gasteiger partial charge >= 0.3 is 0 Å². The molecule has 2 N–H and O–H groups in total. The van der Waals surface area contributed by atoms with Crippen LogP contribution in [0.5, 0.6) is 0 Å². The molecule has 5 heteroatoms. The van der Waals surface area contributed by atoms with Gasteiger partial charge in [0, 0.05) is 13.0 Å². The fraction of sp³-hybridized carbons (Fsp3) is 0.333. The van der Waals surface area contributed by atoms with Gasteiger partial charge in [-0.2, -0.15) is 5.10 Å². The molecule has 0 aromatic carbocycles. The van der Waals surface area contributed by atoms with Crippen molar-refractivity contribution in [2.75, 3.05) is 11.9 Å². The minimum absolute atomic E-state index is 0.126. The van der Waals surface area contributed by atoms with E-state index in [0.717, 1.165) is 6.42 Å². The standard InChI is InChI=1S/C9H10ClN3O/c1-2-3-4-5-11-7-6-12-13-9(14)8(7)10/h1,6H,3-5H2,(H2,11,13,14). The van der Waals surface area contributed by atoms with Crippen LogP contribution >= 0.6 is 11.6 Å². The van der Waals surface area contributed by atoms with Gasteiger partial charge in [-0.05, 0) is 6.42 Å². The van der Waals surface area contributed by atoms with Crippen LogP contribution in [0.15, 0.2) is 11.0 Å². The number of nitrogens with zero attached hydrogens (tertiary/aromatic N) is 1. The zero-order valence-electron chi connectivity index (χ0n) is 7.51. The molecule has 0 radical (unpaired) electrons. The molecule has 14 heavy (non-hydrogen) atoms. The van der Waals surface area contributed by atoms with Crippen LogP contribution in [0.4, 0.5) is 5.69 Å². The molecule has 0 aliphatic carbocycles. The Balaban J connectivity index is 2.56. The van der Waals surface area contributed by atoms with Crippen LogP contribution in [-0.4, -0.2) is 16.7 Å². The topological polar surface area (TPSA) is 57.8 Å². The number of unbranched alkanes of at least 4 members (excludes halogenated alkanes) is 1. The van der Waals surface area contributed by atoms with Gasteiger partial charge in [0.2, 0.25) is 0 Å². The number of aromatic nitrogens is 2. The Bertz CT molecular complexity index is 394. The van der Waals surface area contributed by atoms with Crippen molar-refractivity contribution >= 4 is 17.3 Å². The number of terminal acetylenes is 1. The molecule has 1 aromatic rings. The van der Waals surface area contributed by atoms with Gasteiger partial charge in [-0.3, -0.25) is 4.79 Å². The van der Waals surface area contributed by atoms with Gasteiger partial charge in [0.25, 0.3) is 5.56 Å². The van der Waals surface area contributed by atoms with Crippen molar-refractivity contribution in [1.82, 2.24) is 10.2 Å². The summed E-state index contributed by atoms with van der Waals surface area (Å²) in [5.41, 5.74) is 0.140. The number of aromatic amines is 1.